The molecule has 1 rings (SSSR count). The minimum absolute atomic E-state index is 0.102. The molecule has 1 N–H and O–H groups in total. The number of carbonyl (C=O) groups is 2. The normalized spacial score (nSPS) is 20.2. The molecule has 0 saturated carbocycles. The molecule has 1 fully saturated rings. The van der Waals surface area contributed by atoms with Crippen LogP contribution in [0.4, 0.5) is 0 Å². The number of carboxylic acid groups (broad SMARTS) is 1. The Kier molecular flexibility index (Phi) is 7.48. The number of nitrogens with zero attached hydrogens (tertiary/aromatic N) is 1. The molecular formula is C14H25NO4. The maximum Gasteiger partial charge on any atom is 0.320 e. The number of piperidine rings is 1. The SMILES string of the molecule is CCCCCCOC(=O)CN1CCCCC1C(=O)O. The van der Waals surface area contributed by atoms with Gasteiger partial charge in [-0.3, -0.25) is 14.5 Å². The van der Waals surface area contributed by atoms with E-state index in [1.165, 1.54) is 0 Å². The number of esters is 1. The summed E-state index contributed by atoms with van der Waals surface area (Å²) in [6.45, 7) is 3.35. The van der Waals surface area contributed by atoms with Crippen molar-refractivity contribution < 1.29 is 19.4 Å². The van der Waals surface area contributed by atoms with Crippen LogP contribution in [0.1, 0.15) is 51.9 Å². The zero-order chi connectivity index (χ0) is 14.1. The molecule has 5 nitrogen and oxygen atoms in total. The number of carboxylic acids is 1. The maximum atomic E-state index is 11.7. The fourth-order valence-electron chi connectivity index (χ4n) is 2.39. The van der Waals surface area contributed by atoms with Crippen LogP contribution in [-0.2, 0) is 14.3 Å². The molecule has 1 aliphatic heterocycles. The zero-order valence-electron chi connectivity index (χ0n) is 11.8. The molecule has 19 heavy (non-hydrogen) atoms. The summed E-state index contributed by atoms with van der Waals surface area (Å²) in [4.78, 5) is 24.5. The highest BCUT2D eigenvalue weighted by Gasteiger charge is 2.29. The predicted octanol–water partition coefficient (Wildman–Crippen LogP) is 2.05. The zero-order valence-corrected chi connectivity index (χ0v) is 11.8. The van der Waals surface area contributed by atoms with E-state index >= 15 is 0 Å². The van der Waals surface area contributed by atoms with Gasteiger partial charge in [-0.15, -0.1) is 0 Å². The fraction of sp³-hybridized carbons (Fsp3) is 0.857. The van der Waals surface area contributed by atoms with Crippen LogP contribution in [0.5, 0.6) is 0 Å². The van der Waals surface area contributed by atoms with Gasteiger partial charge >= 0.3 is 11.9 Å². The standard InChI is InChI=1S/C14H25NO4/c1-2-3-4-7-10-19-13(16)11-15-9-6-5-8-12(15)14(17)18/h12H,2-11H2,1H3,(H,17,18). The minimum Gasteiger partial charge on any atom is -0.480 e. The lowest BCUT2D eigenvalue weighted by Gasteiger charge is -2.31. The summed E-state index contributed by atoms with van der Waals surface area (Å²) >= 11 is 0. The van der Waals surface area contributed by atoms with E-state index in [-0.39, 0.29) is 12.5 Å². The Morgan fingerprint density at radius 3 is 2.74 bits per heavy atom. The number of carbonyl (C=O) groups excluding carboxylic acids is 1. The van der Waals surface area contributed by atoms with Crippen LogP contribution in [0, 0.1) is 0 Å². The third-order valence-electron chi connectivity index (χ3n) is 3.49. The molecule has 0 radical (unpaired) electrons. The van der Waals surface area contributed by atoms with Gasteiger partial charge in [0.2, 0.25) is 0 Å². The number of unbranched alkanes of at least 4 members (excludes halogenated alkanes) is 3. The van der Waals surface area contributed by atoms with Gasteiger partial charge in [0.15, 0.2) is 0 Å². The van der Waals surface area contributed by atoms with E-state index in [0.717, 1.165) is 38.5 Å². The van der Waals surface area contributed by atoms with Crippen molar-refractivity contribution in [2.24, 2.45) is 0 Å². The first kappa shape index (κ1) is 16.0. The second-order valence-corrected chi connectivity index (χ2v) is 5.10. The molecule has 5 heteroatoms. The number of rotatable bonds is 8. The summed E-state index contributed by atoms with van der Waals surface area (Å²) in [5.41, 5.74) is 0. The minimum atomic E-state index is -0.838. The summed E-state index contributed by atoms with van der Waals surface area (Å²) in [5.74, 6) is -1.14. The molecule has 1 saturated heterocycles. The Morgan fingerprint density at radius 1 is 1.26 bits per heavy atom. The van der Waals surface area contributed by atoms with Gasteiger partial charge in [-0.2, -0.15) is 0 Å². The van der Waals surface area contributed by atoms with Crippen LogP contribution < -0.4 is 0 Å². The summed E-state index contributed by atoms with van der Waals surface area (Å²) in [6.07, 6.45) is 6.77. The molecule has 1 aliphatic rings. The van der Waals surface area contributed by atoms with Crippen LogP contribution in [0.25, 0.3) is 0 Å². The smallest absolute Gasteiger partial charge is 0.320 e. The van der Waals surface area contributed by atoms with Crippen LogP contribution >= 0.6 is 0 Å². The topological polar surface area (TPSA) is 66.8 Å². The molecule has 0 aromatic heterocycles. The molecule has 1 atom stereocenters. The molecule has 0 amide bonds. The molecule has 0 aromatic rings. The van der Waals surface area contributed by atoms with Gasteiger partial charge < -0.3 is 9.84 Å². The average molecular weight is 271 g/mol. The van der Waals surface area contributed by atoms with Crippen LogP contribution in [0.3, 0.4) is 0 Å². The highest BCUT2D eigenvalue weighted by atomic mass is 16.5. The Morgan fingerprint density at radius 2 is 2.05 bits per heavy atom. The van der Waals surface area contributed by atoms with E-state index in [0.29, 0.717) is 19.6 Å². The van der Waals surface area contributed by atoms with E-state index in [9.17, 15) is 9.59 Å². The monoisotopic (exact) mass is 271 g/mol. The van der Waals surface area contributed by atoms with Gasteiger partial charge in [0, 0.05) is 0 Å². The van der Waals surface area contributed by atoms with Gasteiger partial charge in [-0.05, 0) is 25.8 Å². The van der Waals surface area contributed by atoms with Crippen molar-refractivity contribution in [1.29, 1.82) is 0 Å². The Hall–Kier alpha value is -1.10. The van der Waals surface area contributed by atoms with Crippen molar-refractivity contribution in [3.05, 3.63) is 0 Å². The lowest BCUT2D eigenvalue weighted by molar-refractivity contribution is -0.150. The first-order valence-corrected chi connectivity index (χ1v) is 7.27. The third kappa shape index (κ3) is 6.05. The van der Waals surface area contributed by atoms with Gasteiger partial charge in [-0.1, -0.05) is 32.6 Å². The van der Waals surface area contributed by atoms with E-state index in [2.05, 4.69) is 6.92 Å². The maximum absolute atomic E-state index is 11.7. The molecule has 110 valence electrons. The van der Waals surface area contributed by atoms with Crippen LogP contribution in [0.15, 0.2) is 0 Å². The highest BCUT2D eigenvalue weighted by Crippen LogP contribution is 2.16. The number of aliphatic carboxylic acids is 1. The van der Waals surface area contributed by atoms with Crippen LogP contribution in [0.2, 0.25) is 0 Å². The van der Waals surface area contributed by atoms with Gasteiger partial charge in [0.05, 0.1) is 13.2 Å². The van der Waals surface area contributed by atoms with Crippen LogP contribution in [-0.4, -0.2) is 47.7 Å². The predicted molar refractivity (Wildman–Crippen MR) is 71.9 cm³/mol. The molecule has 0 bridgehead atoms. The van der Waals surface area contributed by atoms with Crippen molar-refractivity contribution >= 4 is 11.9 Å². The van der Waals surface area contributed by atoms with Crippen molar-refractivity contribution in [2.45, 2.75) is 57.9 Å². The molecule has 1 heterocycles. The quantitative estimate of drug-likeness (QED) is 0.540. The number of likely N-dealkylation sites (tertiary alicyclic amines) is 1. The Balaban J connectivity index is 2.24. The highest BCUT2D eigenvalue weighted by molar-refractivity contribution is 5.76. The Labute approximate surface area is 114 Å². The Bertz CT molecular complexity index is 293. The van der Waals surface area contributed by atoms with Gasteiger partial charge in [0.1, 0.15) is 6.04 Å². The summed E-state index contributed by atoms with van der Waals surface area (Å²) in [6, 6.07) is -0.526. The van der Waals surface area contributed by atoms with Crippen molar-refractivity contribution in [1.82, 2.24) is 4.90 Å². The van der Waals surface area contributed by atoms with Gasteiger partial charge in [-0.25, -0.2) is 0 Å². The van der Waals surface area contributed by atoms with E-state index in [1.807, 2.05) is 0 Å². The van der Waals surface area contributed by atoms with Crippen molar-refractivity contribution in [3.63, 3.8) is 0 Å². The summed E-state index contributed by atoms with van der Waals surface area (Å²) in [7, 11) is 0. The first-order valence-electron chi connectivity index (χ1n) is 7.27. The van der Waals surface area contributed by atoms with E-state index in [1.54, 1.807) is 4.90 Å². The summed E-state index contributed by atoms with van der Waals surface area (Å²) < 4.78 is 5.15. The average Bonchev–Trinajstić information content (AvgIpc) is 2.39. The second-order valence-electron chi connectivity index (χ2n) is 5.10. The molecule has 1 unspecified atom stereocenters. The lowest BCUT2D eigenvalue weighted by atomic mass is 10.0. The fourth-order valence-corrected chi connectivity index (χ4v) is 2.39. The van der Waals surface area contributed by atoms with Gasteiger partial charge in [0.25, 0.3) is 0 Å². The van der Waals surface area contributed by atoms with Crippen molar-refractivity contribution in [3.8, 4) is 0 Å². The molecular weight excluding hydrogens is 246 g/mol. The molecule has 0 spiro atoms. The second kappa shape index (κ2) is 8.91. The number of hydrogen-bond acceptors (Lipinski definition) is 4. The number of ether oxygens (including phenoxy) is 1. The summed E-state index contributed by atoms with van der Waals surface area (Å²) in [5, 5.41) is 9.10. The molecule has 0 aliphatic carbocycles. The van der Waals surface area contributed by atoms with E-state index in [4.69, 9.17) is 9.84 Å². The lowest BCUT2D eigenvalue weighted by Crippen LogP contribution is -2.47. The molecule has 0 aromatic carbocycles. The number of hydrogen-bond donors (Lipinski definition) is 1. The third-order valence-corrected chi connectivity index (χ3v) is 3.49. The largest absolute Gasteiger partial charge is 0.480 e. The first-order chi connectivity index (χ1) is 9.15. The van der Waals surface area contributed by atoms with E-state index < -0.39 is 12.0 Å². The van der Waals surface area contributed by atoms with Crippen molar-refractivity contribution in [2.75, 3.05) is 19.7 Å².